The molecule has 3 aromatic rings. The molecule has 27 heavy (non-hydrogen) atoms. The van der Waals surface area contributed by atoms with E-state index in [4.69, 9.17) is 4.74 Å². The lowest BCUT2D eigenvalue weighted by Gasteiger charge is -2.26. The maximum atomic E-state index is 13.0. The van der Waals surface area contributed by atoms with Crippen molar-refractivity contribution in [1.29, 1.82) is 0 Å². The first-order valence-corrected chi connectivity index (χ1v) is 9.33. The summed E-state index contributed by atoms with van der Waals surface area (Å²) in [5.74, 6) is 0.00767. The summed E-state index contributed by atoms with van der Waals surface area (Å²) in [5.41, 5.74) is 3.39. The fourth-order valence-corrected chi connectivity index (χ4v) is 3.75. The molecule has 0 saturated heterocycles. The third-order valence-corrected chi connectivity index (χ3v) is 5.27. The molecule has 0 aliphatic carbocycles. The second-order valence-corrected chi connectivity index (χ2v) is 7.24. The minimum Gasteiger partial charge on any atom is -0.507 e. The Hall–Kier alpha value is -2.64. The number of aromatic nitrogens is 2. The highest BCUT2D eigenvalue weighted by Gasteiger charge is 2.42. The van der Waals surface area contributed by atoms with E-state index in [0.29, 0.717) is 30.1 Å². The molecular formula is C20H18BrN3O3. The lowest BCUT2D eigenvalue weighted by atomic mass is 9.96. The zero-order valence-electron chi connectivity index (χ0n) is 14.6. The SMILES string of the molecule is COCCN1C(=O)c2[nH]nc(-c3ccccc3O)c2C1c1ccc(Br)cc1. The number of phenols is 1. The molecule has 0 spiro atoms. The van der Waals surface area contributed by atoms with Crippen molar-refractivity contribution in [3.8, 4) is 17.0 Å². The average molecular weight is 428 g/mol. The van der Waals surface area contributed by atoms with E-state index in [1.165, 1.54) is 0 Å². The van der Waals surface area contributed by atoms with Crippen LogP contribution in [0.4, 0.5) is 0 Å². The fraction of sp³-hybridized carbons (Fsp3) is 0.200. The number of hydrogen-bond donors (Lipinski definition) is 2. The summed E-state index contributed by atoms with van der Waals surface area (Å²) in [6.45, 7) is 0.890. The second-order valence-electron chi connectivity index (χ2n) is 6.32. The molecule has 4 rings (SSSR count). The summed E-state index contributed by atoms with van der Waals surface area (Å²) < 4.78 is 6.16. The summed E-state index contributed by atoms with van der Waals surface area (Å²) in [6, 6.07) is 14.6. The first-order chi connectivity index (χ1) is 13.1. The Balaban J connectivity index is 1.88. The molecule has 2 aromatic carbocycles. The standard InChI is InChI=1S/C20H18BrN3O3/c1-27-11-10-24-19(12-6-8-13(21)9-7-12)16-17(22-23-18(16)20(24)26)14-4-2-3-5-15(14)25/h2-9,19,25H,10-11H2,1H3,(H,22,23). The van der Waals surface area contributed by atoms with Gasteiger partial charge in [-0.15, -0.1) is 0 Å². The predicted octanol–water partition coefficient (Wildman–Crippen LogP) is 3.74. The molecule has 0 radical (unpaired) electrons. The molecule has 2 N–H and O–H groups in total. The van der Waals surface area contributed by atoms with E-state index >= 15 is 0 Å². The number of H-pyrrole nitrogens is 1. The number of ether oxygens (including phenoxy) is 1. The van der Waals surface area contributed by atoms with Gasteiger partial charge in [0.15, 0.2) is 0 Å². The van der Waals surface area contributed by atoms with Crippen molar-refractivity contribution >= 4 is 21.8 Å². The van der Waals surface area contributed by atoms with E-state index in [1.807, 2.05) is 30.3 Å². The number of rotatable bonds is 5. The molecule has 1 aliphatic rings. The van der Waals surface area contributed by atoms with Crippen molar-refractivity contribution < 1.29 is 14.6 Å². The zero-order chi connectivity index (χ0) is 19.0. The van der Waals surface area contributed by atoms with Crippen molar-refractivity contribution in [2.45, 2.75) is 6.04 Å². The summed E-state index contributed by atoms with van der Waals surface area (Å²) in [5, 5.41) is 17.5. The lowest BCUT2D eigenvalue weighted by Crippen LogP contribution is -2.32. The molecule has 1 aliphatic heterocycles. The fourth-order valence-electron chi connectivity index (χ4n) is 3.49. The van der Waals surface area contributed by atoms with Crippen LogP contribution in [0.25, 0.3) is 11.3 Å². The number of carbonyl (C=O) groups excluding carboxylic acids is 1. The Bertz CT molecular complexity index is 984. The molecule has 1 atom stereocenters. The molecular weight excluding hydrogens is 410 g/mol. The van der Waals surface area contributed by atoms with Gasteiger partial charge in [-0.1, -0.05) is 40.2 Å². The molecule has 138 valence electrons. The molecule has 1 aromatic heterocycles. The number of nitrogens with one attached hydrogen (secondary N) is 1. The first-order valence-electron chi connectivity index (χ1n) is 8.53. The number of halogens is 1. The van der Waals surface area contributed by atoms with Gasteiger partial charge < -0.3 is 14.7 Å². The van der Waals surface area contributed by atoms with Crippen LogP contribution in [0.3, 0.4) is 0 Å². The highest BCUT2D eigenvalue weighted by molar-refractivity contribution is 9.10. The Kier molecular flexibility index (Phi) is 4.72. The van der Waals surface area contributed by atoms with Gasteiger partial charge in [-0.25, -0.2) is 0 Å². The Morgan fingerprint density at radius 1 is 1.22 bits per heavy atom. The van der Waals surface area contributed by atoms with Crippen LogP contribution in [-0.2, 0) is 4.74 Å². The van der Waals surface area contributed by atoms with Crippen LogP contribution in [0.15, 0.2) is 53.0 Å². The molecule has 2 heterocycles. The quantitative estimate of drug-likeness (QED) is 0.649. The van der Waals surface area contributed by atoms with Gasteiger partial charge in [0.2, 0.25) is 0 Å². The molecule has 6 nitrogen and oxygen atoms in total. The van der Waals surface area contributed by atoms with Gasteiger partial charge in [-0.2, -0.15) is 5.10 Å². The maximum absolute atomic E-state index is 13.0. The van der Waals surface area contributed by atoms with Crippen molar-refractivity contribution in [3.63, 3.8) is 0 Å². The highest BCUT2D eigenvalue weighted by Crippen LogP contribution is 2.44. The van der Waals surface area contributed by atoms with E-state index in [9.17, 15) is 9.90 Å². The largest absolute Gasteiger partial charge is 0.507 e. The Morgan fingerprint density at radius 3 is 2.67 bits per heavy atom. The van der Waals surface area contributed by atoms with Crippen LogP contribution in [0.1, 0.15) is 27.7 Å². The van der Waals surface area contributed by atoms with Crippen LogP contribution >= 0.6 is 15.9 Å². The Labute approximate surface area is 164 Å². The van der Waals surface area contributed by atoms with Gasteiger partial charge in [0, 0.05) is 29.3 Å². The number of aromatic hydroxyl groups is 1. The monoisotopic (exact) mass is 427 g/mol. The van der Waals surface area contributed by atoms with Gasteiger partial charge in [0.05, 0.1) is 12.6 Å². The van der Waals surface area contributed by atoms with E-state index in [0.717, 1.165) is 15.6 Å². The minimum atomic E-state index is -0.302. The number of hydrogen-bond acceptors (Lipinski definition) is 4. The average Bonchev–Trinajstić information content (AvgIpc) is 3.21. The number of carbonyl (C=O) groups is 1. The molecule has 7 heteroatoms. The summed E-state index contributed by atoms with van der Waals surface area (Å²) >= 11 is 3.46. The van der Waals surface area contributed by atoms with Crippen LogP contribution in [-0.4, -0.2) is 46.4 Å². The minimum absolute atomic E-state index is 0.121. The maximum Gasteiger partial charge on any atom is 0.273 e. The lowest BCUT2D eigenvalue weighted by molar-refractivity contribution is 0.0677. The third kappa shape index (κ3) is 3.02. The predicted molar refractivity (Wildman–Crippen MR) is 105 cm³/mol. The number of methoxy groups -OCH3 is 1. The summed E-state index contributed by atoms with van der Waals surface area (Å²) in [6.07, 6.45) is 0. The van der Waals surface area contributed by atoms with Crippen molar-refractivity contribution in [2.24, 2.45) is 0 Å². The van der Waals surface area contributed by atoms with Crippen LogP contribution in [0.5, 0.6) is 5.75 Å². The topological polar surface area (TPSA) is 78.5 Å². The third-order valence-electron chi connectivity index (χ3n) is 4.75. The number of aromatic amines is 1. The number of amides is 1. The number of para-hydroxylation sites is 1. The van der Waals surface area contributed by atoms with Gasteiger partial charge in [0.25, 0.3) is 5.91 Å². The van der Waals surface area contributed by atoms with Crippen molar-refractivity contribution in [1.82, 2.24) is 15.1 Å². The first kappa shape index (κ1) is 17.8. The molecule has 0 fully saturated rings. The molecule has 1 amide bonds. The van der Waals surface area contributed by atoms with E-state index in [1.54, 1.807) is 30.2 Å². The van der Waals surface area contributed by atoms with Crippen LogP contribution in [0.2, 0.25) is 0 Å². The van der Waals surface area contributed by atoms with Crippen LogP contribution < -0.4 is 0 Å². The number of fused-ring (bicyclic) bond motifs is 1. The van der Waals surface area contributed by atoms with Gasteiger partial charge >= 0.3 is 0 Å². The van der Waals surface area contributed by atoms with E-state index in [-0.39, 0.29) is 17.7 Å². The van der Waals surface area contributed by atoms with Crippen LogP contribution in [0, 0.1) is 0 Å². The zero-order valence-corrected chi connectivity index (χ0v) is 16.2. The molecule has 0 bridgehead atoms. The van der Waals surface area contributed by atoms with E-state index in [2.05, 4.69) is 26.1 Å². The smallest absolute Gasteiger partial charge is 0.273 e. The number of phenolic OH excluding ortho intramolecular Hbond substituents is 1. The van der Waals surface area contributed by atoms with Gasteiger partial charge in [0.1, 0.15) is 17.1 Å². The number of benzene rings is 2. The summed E-state index contributed by atoms with van der Waals surface area (Å²) in [7, 11) is 1.61. The molecule has 1 unspecified atom stereocenters. The normalized spacial score (nSPS) is 16.0. The highest BCUT2D eigenvalue weighted by atomic mass is 79.9. The van der Waals surface area contributed by atoms with Crippen molar-refractivity contribution in [2.75, 3.05) is 20.3 Å². The van der Waals surface area contributed by atoms with Crippen molar-refractivity contribution in [3.05, 3.63) is 69.8 Å². The van der Waals surface area contributed by atoms with Gasteiger partial charge in [-0.05, 0) is 29.8 Å². The van der Waals surface area contributed by atoms with E-state index < -0.39 is 0 Å². The molecule has 0 saturated carbocycles. The Morgan fingerprint density at radius 2 is 1.96 bits per heavy atom. The second kappa shape index (κ2) is 7.17. The summed E-state index contributed by atoms with van der Waals surface area (Å²) in [4.78, 5) is 14.8. The number of nitrogens with zero attached hydrogens (tertiary/aromatic N) is 2. The van der Waals surface area contributed by atoms with Gasteiger partial charge in [-0.3, -0.25) is 9.89 Å².